The molecule has 0 radical (unpaired) electrons. The Hall–Kier alpha value is -1.90. The van der Waals surface area contributed by atoms with E-state index in [0.717, 1.165) is 29.9 Å². The number of benzene rings is 1. The van der Waals surface area contributed by atoms with Crippen molar-refractivity contribution in [3.05, 3.63) is 52.1 Å². The number of hydrogen-bond acceptors (Lipinski definition) is 2. The zero-order valence-corrected chi connectivity index (χ0v) is 11.7. The van der Waals surface area contributed by atoms with Crippen LogP contribution in [0.15, 0.2) is 35.1 Å². The van der Waals surface area contributed by atoms with Gasteiger partial charge < -0.3 is 4.98 Å². The second-order valence-electron chi connectivity index (χ2n) is 5.12. The molecule has 0 aliphatic heterocycles. The third-order valence-corrected chi connectivity index (χ3v) is 3.07. The smallest absolute Gasteiger partial charge is 0.251 e. The van der Waals surface area contributed by atoms with Crippen molar-refractivity contribution in [1.29, 1.82) is 0 Å². The first-order valence-electron chi connectivity index (χ1n) is 6.80. The molecule has 1 N–H and O–H groups in total. The summed E-state index contributed by atoms with van der Waals surface area (Å²) in [5.74, 6) is 0.954. The fourth-order valence-corrected chi connectivity index (χ4v) is 2.07. The van der Waals surface area contributed by atoms with Crippen molar-refractivity contribution < 1.29 is 0 Å². The van der Waals surface area contributed by atoms with E-state index >= 15 is 0 Å². The number of nitrogens with one attached hydrogen (secondary N) is 1. The van der Waals surface area contributed by atoms with Crippen LogP contribution in [0.3, 0.4) is 0 Å². The number of aryl methyl sites for hydroxylation is 1. The van der Waals surface area contributed by atoms with Crippen LogP contribution in [0, 0.1) is 0 Å². The van der Waals surface area contributed by atoms with Crippen molar-refractivity contribution in [2.24, 2.45) is 0 Å². The molecule has 19 heavy (non-hydrogen) atoms. The standard InChI is InChI=1S/C16H20N2O/c1-4-6-12-7-5-8-13(9-12)14-10-15(19)18-16(17-14)11(2)3/h5,7-11H,4,6H2,1-3H3,(H,17,18,19). The van der Waals surface area contributed by atoms with Gasteiger partial charge in [-0.3, -0.25) is 4.79 Å². The van der Waals surface area contributed by atoms with E-state index in [1.807, 2.05) is 26.0 Å². The summed E-state index contributed by atoms with van der Waals surface area (Å²) in [6.45, 7) is 6.21. The van der Waals surface area contributed by atoms with Gasteiger partial charge in [0, 0.05) is 17.5 Å². The maximum Gasteiger partial charge on any atom is 0.251 e. The van der Waals surface area contributed by atoms with E-state index in [9.17, 15) is 4.79 Å². The molecule has 0 atom stereocenters. The number of aromatic amines is 1. The monoisotopic (exact) mass is 256 g/mol. The Morgan fingerprint density at radius 3 is 2.74 bits per heavy atom. The van der Waals surface area contributed by atoms with E-state index in [1.54, 1.807) is 6.07 Å². The highest BCUT2D eigenvalue weighted by molar-refractivity contribution is 5.59. The summed E-state index contributed by atoms with van der Waals surface area (Å²) in [7, 11) is 0. The molecule has 0 aliphatic carbocycles. The number of H-pyrrole nitrogens is 1. The van der Waals surface area contributed by atoms with Crippen LogP contribution in [0.2, 0.25) is 0 Å². The highest BCUT2D eigenvalue weighted by Gasteiger charge is 2.07. The van der Waals surface area contributed by atoms with Gasteiger partial charge in [0.25, 0.3) is 5.56 Å². The van der Waals surface area contributed by atoms with Crippen molar-refractivity contribution in [3.63, 3.8) is 0 Å². The van der Waals surface area contributed by atoms with Crippen LogP contribution in [-0.2, 0) is 6.42 Å². The molecule has 100 valence electrons. The Balaban J connectivity index is 2.46. The van der Waals surface area contributed by atoms with E-state index < -0.39 is 0 Å². The quantitative estimate of drug-likeness (QED) is 0.909. The third-order valence-electron chi connectivity index (χ3n) is 3.07. The van der Waals surface area contributed by atoms with Gasteiger partial charge in [-0.2, -0.15) is 0 Å². The molecular weight excluding hydrogens is 236 g/mol. The fourth-order valence-electron chi connectivity index (χ4n) is 2.07. The molecule has 1 aromatic heterocycles. The van der Waals surface area contributed by atoms with Gasteiger partial charge in [0.1, 0.15) is 5.82 Å². The molecule has 2 rings (SSSR count). The van der Waals surface area contributed by atoms with Gasteiger partial charge in [0.05, 0.1) is 5.69 Å². The van der Waals surface area contributed by atoms with Crippen LogP contribution in [0.25, 0.3) is 11.3 Å². The van der Waals surface area contributed by atoms with Crippen molar-refractivity contribution in [1.82, 2.24) is 9.97 Å². The SMILES string of the molecule is CCCc1cccc(-c2cc(=O)[nH]c(C(C)C)n2)c1. The Morgan fingerprint density at radius 1 is 1.26 bits per heavy atom. The van der Waals surface area contributed by atoms with Crippen LogP contribution in [0.4, 0.5) is 0 Å². The minimum atomic E-state index is -0.0883. The van der Waals surface area contributed by atoms with Crippen molar-refractivity contribution in [2.45, 2.75) is 39.5 Å². The highest BCUT2D eigenvalue weighted by atomic mass is 16.1. The molecule has 0 spiro atoms. The molecule has 0 fully saturated rings. The summed E-state index contributed by atoms with van der Waals surface area (Å²) in [5.41, 5.74) is 2.96. The number of nitrogens with zero attached hydrogens (tertiary/aromatic N) is 1. The minimum absolute atomic E-state index is 0.0883. The summed E-state index contributed by atoms with van der Waals surface area (Å²) in [4.78, 5) is 19.0. The molecule has 0 aliphatic rings. The molecule has 2 aromatic rings. The third kappa shape index (κ3) is 3.31. The zero-order valence-electron chi connectivity index (χ0n) is 11.7. The zero-order chi connectivity index (χ0) is 13.8. The van der Waals surface area contributed by atoms with Crippen molar-refractivity contribution in [3.8, 4) is 11.3 Å². The van der Waals surface area contributed by atoms with Crippen LogP contribution in [0.1, 0.15) is 44.5 Å². The van der Waals surface area contributed by atoms with Crippen LogP contribution in [0.5, 0.6) is 0 Å². The molecule has 0 saturated heterocycles. The maximum atomic E-state index is 11.7. The van der Waals surface area contributed by atoms with Crippen LogP contribution < -0.4 is 5.56 Å². The molecule has 0 unspecified atom stereocenters. The first-order valence-corrected chi connectivity index (χ1v) is 6.80. The number of aromatic nitrogens is 2. The summed E-state index contributed by atoms with van der Waals surface area (Å²) < 4.78 is 0. The second kappa shape index (κ2) is 5.83. The Morgan fingerprint density at radius 2 is 2.05 bits per heavy atom. The first kappa shape index (κ1) is 13.5. The first-order chi connectivity index (χ1) is 9.10. The predicted molar refractivity (Wildman–Crippen MR) is 78.4 cm³/mol. The number of rotatable bonds is 4. The summed E-state index contributed by atoms with van der Waals surface area (Å²) in [6.07, 6.45) is 2.16. The lowest BCUT2D eigenvalue weighted by Gasteiger charge is -2.08. The van der Waals surface area contributed by atoms with Gasteiger partial charge in [-0.1, -0.05) is 45.4 Å². The summed E-state index contributed by atoms with van der Waals surface area (Å²) in [5, 5.41) is 0. The number of hydrogen-bond donors (Lipinski definition) is 1. The molecule has 0 bridgehead atoms. The summed E-state index contributed by atoms with van der Waals surface area (Å²) >= 11 is 0. The van der Waals surface area contributed by atoms with Gasteiger partial charge >= 0.3 is 0 Å². The molecule has 3 nitrogen and oxygen atoms in total. The lowest BCUT2D eigenvalue weighted by Crippen LogP contribution is -2.12. The van der Waals surface area contributed by atoms with Crippen molar-refractivity contribution in [2.75, 3.05) is 0 Å². The predicted octanol–water partition coefficient (Wildman–Crippen LogP) is 3.51. The van der Waals surface area contributed by atoms with E-state index in [2.05, 4.69) is 29.0 Å². The molecule has 0 saturated carbocycles. The Labute approximate surface area is 113 Å². The largest absolute Gasteiger partial charge is 0.310 e. The molecule has 0 amide bonds. The normalized spacial score (nSPS) is 10.9. The van der Waals surface area contributed by atoms with E-state index in [4.69, 9.17) is 0 Å². The van der Waals surface area contributed by atoms with Gasteiger partial charge in [-0.25, -0.2) is 4.98 Å². The van der Waals surface area contributed by atoms with Crippen LogP contribution in [-0.4, -0.2) is 9.97 Å². The second-order valence-corrected chi connectivity index (χ2v) is 5.12. The topological polar surface area (TPSA) is 45.8 Å². The molecule has 3 heteroatoms. The highest BCUT2D eigenvalue weighted by Crippen LogP contribution is 2.19. The van der Waals surface area contributed by atoms with Crippen molar-refractivity contribution >= 4 is 0 Å². The van der Waals surface area contributed by atoms with E-state index in [-0.39, 0.29) is 11.5 Å². The van der Waals surface area contributed by atoms with Gasteiger partial charge in [0.2, 0.25) is 0 Å². The Kier molecular flexibility index (Phi) is 4.15. The van der Waals surface area contributed by atoms with Gasteiger partial charge in [0.15, 0.2) is 0 Å². The van der Waals surface area contributed by atoms with E-state index in [0.29, 0.717) is 0 Å². The average Bonchev–Trinajstić information content (AvgIpc) is 2.38. The summed E-state index contributed by atoms with van der Waals surface area (Å²) in [6, 6.07) is 9.83. The lowest BCUT2D eigenvalue weighted by molar-refractivity contribution is 0.768. The molecule has 1 aromatic carbocycles. The fraction of sp³-hybridized carbons (Fsp3) is 0.375. The minimum Gasteiger partial charge on any atom is -0.310 e. The lowest BCUT2D eigenvalue weighted by atomic mass is 10.0. The average molecular weight is 256 g/mol. The van der Waals surface area contributed by atoms with Gasteiger partial charge in [-0.15, -0.1) is 0 Å². The Bertz CT molecular complexity index is 614. The van der Waals surface area contributed by atoms with E-state index in [1.165, 1.54) is 5.56 Å². The molecular formula is C16H20N2O. The maximum absolute atomic E-state index is 11.7. The van der Waals surface area contributed by atoms with Crippen LogP contribution >= 0.6 is 0 Å². The van der Waals surface area contributed by atoms with Gasteiger partial charge in [-0.05, 0) is 18.1 Å². The molecule has 1 heterocycles.